The van der Waals surface area contributed by atoms with Crippen molar-refractivity contribution >= 4 is 16.6 Å². The van der Waals surface area contributed by atoms with E-state index in [0.717, 1.165) is 0 Å². The quantitative estimate of drug-likeness (QED) is 0.519. The van der Waals surface area contributed by atoms with Crippen LogP contribution in [0.5, 0.6) is 0 Å². The van der Waals surface area contributed by atoms with E-state index >= 15 is 0 Å². The molecule has 2 aromatic rings. The van der Waals surface area contributed by atoms with Crippen LogP contribution in [-0.2, 0) is 0 Å². The topological polar surface area (TPSA) is 79.8 Å². The van der Waals surface area contributed by atoms with Crippen molar-refractivity contribution in [1.29, 1.82) is 5.26 Å². The molecular formula is C10H5N3O2. The van der Waals surface area contributed by atoms with Crippen LogP contribution in [-0.4, -0.2) is 9.91 Å². The number of hydrogen-bond acceptors (Lipinski definition) is 4. The average Bonchev–Trinajstić information content (AvgIpc) is 2.27. The highest BCUT2D eigenvalue weighted by Crippen LogP contribution is 2.25. The normalized spacial score (nSPS) is 9.80. The minimum atomic E-state index is -0.564. The highest BCUT2D eigenvalue weighted by atomic mass is 16.6. The first-order valence-electron chi connectivity index (χ1n) is 4.16. The molecule has 0 fully saturated rings. The Hall–Kier alpha value is -2.48. The molecule has 1 aromatic heterocycles. The van der Waals surface area contributed by atoms with Crippen molar-refractivity contribution in [2.24, 2.45) is 0 Å². The third kappa shape index (κ3) is 1.38. The summed E-state index contributed by atoms with van der Waals surface area (Å²) < 4.78 is 0. The van der Waals surface area contributed by atoms with Crippen LogP contribution < -0.4 is 0 Å². The fourth-order valence-electron chi connectivity index (χ4n) is 1.41. The maximum atomic E-state index is 10.7. The van der Waals surface area contributed by atoms with Crippen LogP contribution in [0.15, 0.2) is 30.5 Å². The summed E-state index contributed by atoms with van der Waals surface area (Å²) in [6.07, 6.45) is 1.58. The Morgan fingerprint density at radius 3 is 2.87 bits per heavy atom. The Labute approximate surface area is 84.7 Å². The summed E-state index contributed by atoms with van der Waals surface area (Å²) in [4.78, 5) is 14.1. The van der Waals surface area contributed by atoms with Crippen molar-refractivity contribution in [2.75, 3.05) is 0 Å². The lowest BCUT2D eigenvalue weighted by Crippen LogP contribution is -1.93. The first-order valence-corrected chi connectivity index (χ1v) is 4.16. The van der Waals surface area contributed by atoms with Crippen molar-refractivity contribution in [3.8, 4) is 6.07 Å². The molecule has 15 heavy (non-hydrogen) atoms. The van der Waals surface area contributed by atoms with E-state index in [1.54, 1.807) is 18.3 Å². The van der Waals surface area contributed by atoms with Crippen LogP contribution in [0, 0.1) is 21.4 Å². The summed E-state index contributed by atoms with van der Waals surface area (Å²) in [7, 11) is 0. The number of aromatic nitrogens is 1. The van der Waals surface area contributed by atoms with Gasteiger partial charge in [0.1, 0.15) is 11.6 Å². The van der Waals surface area contributed by atoms with Gasteiger partial charge in [-0.1, -0.05) is 0 Å². The van der Waals surface area contributed by atoms with Gasteiger partial charge in [0.05, 0.1) is 10.4 Å². The lowest BCUT2D eigenvalue weighted by Gasteiger charge is -1.99. The van der Waals surface area contributed by atoms with Gasteiger partial charge in [-0.3, -0.25) is 15.1 Å². The molecule has 72 valence electrons. The number of nitriles is 1. The molecule has 0 aliphatic heterocycles. The highest BCUT2D eigenvalue weighted by molar-refractivity contribution is 5.88. The minimum Gasteiger partial charge on any atom is -0.258 e. The number of pyridine rings is 1. The smallest absolute Gasteiger partial charge is 0.258 e. The minimum absolute atomic E-state index is 0.0607. The molecule has 0 saturated heterocycles. The SMILES string of the molecule is N#Cc1c([N+](=O)[O-])ccc2ncccc12. The van der Waals surface area contributed by atoms with E-state index in [1.807, 2.05) is 6.07 Å². The van der Waals surface area contributed by atoms with Crippen molar-refractivity contribution in [3.05, 3.63) is 46.1 Å². The summed E-state index contributed by atoms with van der Waals surface area (Å²) in [5.41, 5.74) is 0.461. The predicted octanol–water partition coefficient (Wildman–Crippen LogP) is 2.01. The van der Waals surface area contributed by atoms with Gasteiger partial charge in [0.25, 0.3) is 5.69 Å². The van der Waals surface area contributed by atoms with Crippen LogP contribution in [0.3, 0.4) is 0 Å². The Morgan fingerprint density at radius 2 is 2.20 bits per heavy atom. The molecule has 0 unspecified atom stereocenters. The number of nitro benzene ring substituents is 1. The van der Waals surface area contributed by atoms with Crippen LogP contribution in [0.25, 0.3) is 10.9 Å². The molecule has 0 N–H and O–H groups in total. The second-order valence-corrected chi connectivity index (χ2v) is 2.90. The fourth-order valence-corrected chi connectivity index (χ4v) is 1.41. The Balaban J connectivity index is 2.89. The third-order valence-electron chi connectivity index (χ3n) is 2.07. The van der Waals surface area contributed by atoms with Crippen LogP contribution in [0.4, 0.5) is 5.69 Å². The number of rotatable bonds is 1. The van der Waals surface area contributed by atoms with Crippen LogP contribution in [0.1, 0.15) is 5.56 Å². The first-order chi connectivity index (χ1) is 7.24. The van der Waals surface area contributed by atoms with Gasteiger partial charge in [-0.25, -0.2) is 0 Å². The molecular weight excluding hydrogens is 194 g/mol. The molecule has 5 nitrogen and oxygen atoms in total. The van der Waals surface area contributed by atoms with Crippen LogP contribution in [0.2, 0.25) is 0 Å². The Bertz CT molecular complexity index is 587. The van der Waals surface area contributed by atoms with Crippen molar-refractivity contribution in [2.45, 2.75) is 0 Å². The number of hydrogen-bond donors (Lipinski definition) is 0. The maximum absolute atomic E-state index is 10.7. The van der Waals surface area contributed by atoms with Gasteiger partial charge >= 0.3 is 0 Å². The number of nitrogens with zero attached hydrogens (tertiary/aromatic N) is 3. The maximum Gasteiger partial charge on any atom is 0.287 e. The van der Waals surface area contributed by atoms with Gasteiger partial charge in [-0.2, -0.15) is 5.26 Å². The molecule has 0 radical (unpaired) electrons. The van der Waals surface area contributed by atoms with E-state index in [0.29, 0.717) is 10.9 Å². The lowest BCUT2D eigenvalue weighted by atomic mass is 10.1. The zero-order valence-electron chi connectivity index (χ0n) is 7.54. The summed E-state index contributed by atoms with van der Waals surface area (Å²) in [5.74, 6) is 0. The largest absolute Gasteiger partial charge is 0.287 e. The molecule has 0 spiro atoms. The van der Waals surface area contributed by atoms with Crippen LogP contribution >= 0.6 is 0 Å². The second kappa shape index (κ2) is 3.35. The summed E-state index contributed by atoms with van der Waals surface area (Å²) >= 11 is 0. The molecule has 1 heterocycles. The molecule has 2 rings (SSSR count). The molecule has 0 amide bonds. The van der Waals surface area contributed by atoms with Gasteiger partial charge in [0.15, 0.2) is 0 Å². The van der Waals surface area contributed by atoms with Crippen molar-refractivity contribution in [1.82, 2.24) is 4.98 Å². The van der Waals surface area contributed by atoms with Crippen molar-refractivity contribution < 1.29 is 4.92 Å². The van der Waals surface area contributed by atoms with Gasteiger partial charge in [0, 0.05) is 17.6 Å². The summed E-state index contributed by atoms with van der Waals surface area (Å²) in [6.45, 7) is 0. The molecule has 0 saturated carbocycles. The monoisotopic (exact) mass is 199 g/mol. The van der Waals surface area contributed by atoms with Gasteiger partial charge in [-0.15, -0.1) is 0 Å². The summed E-state index contributed by atoms with van der Waals surface area (Å²) in [5, 5.41) is 20.1. The standard InChI is InChI=1S/C10H5N3O2/c11-6-8-7-2-1-5-12-9(7)3-4-10(8)13(14)15/h1-5H. The number of fused-ring (bicyclic) bond motifs is 1. The number of benzene rings is 1. The molecule has 1 aromatic carbocycles. The average molecular weight is 199 g/mol. The van der Waals surface area contributed by atoms with E-state index in [-0.39, 0.29) is 11.3 Å². The molecule has 0 bridgehead atoms. The zero-order chi connectivity index (χ0) is 10.8. The lowest BCUT2D eigenvalue weighted by molar-refractivity contribution is -0.385. The van der Waals surface area contributed by atoms with E-state index in [9.17, 15) is 10.1 Å². The Morgan fingerprint density at radius 1 is 1.40 bits per heavy atom. The molecule has 0 atom stereocenters. The van der Waals surface area contributed by atoms with Gasteiger partial charge in [-0.05, 0) is 18.2 Å². The second-order valence-electron chi connectivity index (χ2n) is 2.90. The molecule has 5 heteroatoms. The number of nitro groups is 1. The van der Waals surface area contributed by atoms with Gasteiger partial charge < -0.3 is 0 Å². The predicted molar refractivity (Wildman–Crippen MR) is 53.1 cm³/mol. The highest BCUT2D eigenvalue weighted by Gasteiger charge is 2.16. The third-order valence-corrected chi connectivity index (χ3v) is 2.07. The summed E-state index contributed by atoms with van der Waals surface area (Å²) in [6, 6.07) is 7.97. The fraction of sp³-hybridized carbons (Fsp3) is 0. The van der Waals surface area contributed by atoms with E-state index < -0.39 is 4.92 Å². The molecule has 0 aliphatic carbocycles. The van der Waals surface area contributed by atoms with E-state index in [2.05, 4.69) is 4.98 Å². The first kappa shape index (κ1) is 9.09. The van der Waals surface area contributed by atoms with E-state index in [4.69, 9.17) is 5.26 Å². The zero-order valence-corrected chi connectivity index (χ0v) is 7.54. The van der Waals surface area contributed by atoms with E-state index in [1.165, 1.54) is 12.1 Å². The molecule has 0 aliphatic rings. The van der Waals surface area contributed by atoms with Crippen molar-refractivity contribution in [3.63, 3.8) is 0 Å². The van der Waals surface area contributed by atoms with Gasteiger partial charge in [0.2, 0.25) is 0 Å². The Kier molecular flexibility index (Phi) is 2.03.